The number of oxazole rings is 1. The van der Waals surface area contributed by atoms with Gasteiger partial charge in [0, 0.05) is 16.5 Å². The molecule has 2 heterocycles. The zero-order chi connectivity index (χ0) is 20.4. The highest BCUT2D eigenvalue weighted by Crippen LogP contribution is 2.30. The number of carbonyl (C=O) groups excluding carboxylic acids is 2. The molecule has 150 valence electrons. The van der Waals surface area contributed by atoms with Crippen molar-refractivity contribution >= 4 is 40.1 Å². The first-order valence-electron chi connectivity index (χ1n) is 9.68. The molecule has 6 nitrogen and oxygen atoms in total. The highest BCUT2D eigenvalue weighted by Gasteiger charge is 2.26. The van der Waals surface area contributed by atoms with Crippen molar-refractivity contribution in [2.45, 2.75) is 25.7 Å². The van der Waals surface area contributed by atoms with Crippen LogP contribution in [-0.2, 0) is 4.79 Å². The Kier molecular flexibility index (Phi) is 5.65. The Hall–Kier alpha value is -2.70. The van der Waals surface area contributed by atoms with E-state index in [9.17, 15) is 9.59 Å². The lowest BCUT2D eigenvalue weighted by molar-refractivity contribution is -0.117. The van der Waals surface area contributed by atoms with E-state index < -0.39 is 0 Å². The summed E-state index contributed by atoms with van der Waals surface area (Å²) in [5.74, 6) is 0.788. The molecule has 1 amide bonds. The van der Waals surface area contributed by atoms with Gasteiger partial charge in [0.15, 0.2) is 17.3 Å². The number of hydrogen-bond acceptors (Lipinski definition) is 5. The highest BCUT2D eigenvalue weighted by molar-refractivity contribution is 6.31. The zero-order valence-corrected chi connectivity index (χ0v) is 16.9. The standard InChI is InChI=1S/C22H22ClN3O3/c1-14(27)17-4-2-3-5-18(17)24-21(28)13-26-10-8-15(9-11-26)22-25-19-12-16(23)6-7-20(19)29-22/h2-7,12,15H,8-11,13H2,1H3,(H,24,28). The third kappa shape index (κ3) is 4.49. The summed E-state index contributed by atoms with van der Waals surface area (Å²) in [5.41, 5.74) is 2.61. The molecule has 4 rings (SSSR count). The quantitative estimate of drug-likeness (QED) is 0.625. The third-order valence-electron chi connectivity index (χ3n) is 5.25. The van der Waals surface area contributed by atoms with Gasteiger partial charge >= 0.3 is 0 Å². The molecule has 1 aliphatic rings. The molecule has 1 aliphatic heterocycles. The van der Waals surface area contributed by atoms with Crippen molar-refractivity contribution in [2.75, 3.05) is 25.0 Å². The lowest BCUT2D eigenvalue weighted by Gasteiger charge is -2.29. The van der Waals surface area contributed by atoms with Crippen LogP contribution in [0.2, 0.25) is 5.02 Å². The highest BCUT2D eigenvalue weighted by atomic mass is 35.5. The van der Waals surface area contributed by atoms with E-state index >= 15 is 0 Å². The van der Waals surface area contributed by atoms with Crippen LogP contribution in [0.15, 0.2) is 46.9 Å². The number of ketones is 1. The molecule has 3 aromatic rings. The van der Waals surface area contributed by atoms with Crippen molar-refractivity contribution in [2.24, 2.45) is 0 Å². The monoisotopic (exact) mass is 411 g/mol. The molecule has 1 saturated heterocycles. The van der Waals surface area contributed by atoms with Crippen molar-refractivity contribution in [1.82, 2.24) is 9.88 Å². The molecule has 1 fully saturated rings. The zero-order valence-electron chi connectivity index (χ0n) is 16.2. The normalized spacial score (nSPS) is 15.5. The Morgan fingerprint density at radius 3 is 2.72 bits per heavy atom. The summed E-state index contributed by atoms with van der Waals surface area (Å²) in [6.45, 7) is 3.36. The first-order chi connectivity index (χ1) is 14.0. The predicted molar refractivity (Wildman–Crippen MR) is 113 cm³/mol. The number of nitrogens with zero attached hydrogens (tertiary/aromatic N) is 2. The first-order valence-corrected chi connectivity index (χ1v) is 10.1. The van der Waals surface area contributed by atoms with E-state index in [2.05, 4.69) is 15.2 Å². The number of para-hydroxylation sites is 1. The first kappa shape index (κ1) is 19.6. The van der Waals surface area contributed by atoms with E-state index in [1.54, 1.807) is 30.3 Å². The number of benzene rings is 2. The fourth-order valence-corrected chi connectivity index (χ4v) is 3.89. The van der Waals surface area contributed by atoms with E-state index in [0.29, 0.717) is 22.8 Å². The van der Waals surface area contributed by atoms with Crippen LogP contribution in [0, 0.1) is 0 Å². The molecule has 0 aliphatic carbocycles. The number of fused-ring (bicyclic) bond motifs is 1. The van der Waals surface area contributed by atoms with Gasteiger partial charge in [-0.3, -0.25) is 14.5 Å². The Labute approximate surface area is 173 Å². The van der Waals surface area contributed by atoms with Crippen molar-refractivity contribution in [1.29, 1.82) is 0 Å². The molecule has 29 heavy (non-hydrogen) atoms. The molecule has 0 radical (unpaired) electrons. The average Bonchev–Trinajstić information content (AvgIpc) is 3.12. The lowest BCUT2D eigenvalue weighted by atomic mass is 9.97. The smallest absolute Gasteiger partial charge is 0.238 e. The number of hydrogen-bond donors (Lipinski definition) is 1. The van der Waals surface area contributed by atoms with Gasteiger partial charge in [-0.25, -0.2) is 4.98 Å². The van der Waals surface area contributed by atoms with Gasteiger partial charge in [0.05, 0.1) is 12.2 Å². The summed E-state index contributed by atoms with van der Waals surface area (Å²) in [6.07, 6.45) is 1.75. The molecule has 2 aromatic carbocycles. The summed E-state index contributed by atoms with van der Waals surface area (Å²) >= 11 is 6.02. The van der Waals surface area contributed by atoms with Gasteiger partial charge in [-0.15, -0.1) is 0 Å². The molecule has 1 aromatic heterocycles. The number of piperidine rings is 1. The summed E-state index contributed by atoms with van der Waals surface area (Å²) in [6, 6.07) is 12.5. The summed E-state index contributed by atoms with van der Waals surface area (Å²) in [4.78, 5) is 30.9. The minimum Gasteiger partial charge on any atom is -0.440 e. The number of likely N-dealkylation sites (tertiary alicyclic amines) is 1. The minimum atomic E-state index is -0.117. The number of aromatic nitrogens is 1. The number of amides is 1. The second-order valence-electron chi connectivity index (χ2n) is 7.36. The second-order valence-corrected chi connectivity index (χ2v) is 7.80. The maximum atomic E-state index is 12.4. The predicted octanol–water partition coefficient (Wildman–Crippen LogP) is 4.50. The topological polar surface area (TPSA) is 75.4 Å². The molecule has 0 bridgehead atoms. The maximum absolute atomic E-state index is 12.4. The lowest BCUT2D eigenvalue weighted by Crippen LogP contribution is -2.38. The van der Waals surface area contributed by atoms with Gasteiger partial charge in [-0.2, -0.15) is 0 Å². The van der Waals surface area contributed by atoms with E-state index in [4.69, 9.17) is 16.0 Å². The SMILES string of the molecule is CC(=O)c1ccccc1NC(=O)CN1CCC(c2nc3cc(Cl)ccc3o2)CC1. The molecular weight excluding hydrogens is 390 g/mol. The molecular formula is C22H22ClN3O3. The largest absolute Gasteiger partial charge is 0.440 e. The van der Waals surface area contributed by atoms with Crippen molar-refractivity contribution in [3.63, 3.8) is 0 Å². The fraction of sp³-hybridized carbons (Fsp3) is 0.318. The van der Waals surface area contributed by atoms with E-state index in [1.165, 1.54) is 6.92 Å². The van der Waals surface area contributed by atoms with Gasteiger partial charge in [0.2, 0.25) is 5.91 Å². The third-order valence-corrected chi connectivity index (χ3v) is 5.49. The Morgan fingerprint density at radius 1 is 1.21 bits per heavy atom. The van der Waals surface area contributed by atoms with E-state index in [0.717, 1.165) is 42.9 Å². The Balaban J connectivity index is 1.33. The van der Waals surface area contributed by atoms with Crippen LogP contribution in [-0.4, -0.2) is 41.2 Å². The molecule has 7 heteroatoms. The minimum absolute atomic E-state index is 0.0682. The van der Waals surface area contributed by atoms with Crippen LogP contribution >= 0.6 is 11.6 Å². The van der Waals surface area contributed by atoms with Crippen LogP contribution in [0.5, 0.6) is 0 Å². The van der Waals surface area contributed by atoms with Crippen LogP contribution in [0.4, 0.5) is 5.69 Å². The van der Waals surface area contributed by atoms with Gasteiger partial charge in [-0.1, -0.05) is 23.7 Å². The van der Waals surface area contributed by atoms with Crippen LogP contribution in [0.3, 0.4) is 0 Å². The number of Topliss-reactive ketones (excluding diaryl/α,β-unsaturated/α-hetero) is 1. The van der Waals surface area contributed by atoms with Gasteiger partial charge < -0.3 is 9.73 Å². The van der Waals surface area contributed by atoms with Crippen LogP contribution in [0.1, 0.15) is 41.9 Å². The fourth-order valence-electron chi connectivity index (χ4n) is 3.72. The number of anilines is 1. The van der Waals surface area contributed by atoms with E-state index in [-0.39, 0.29) is 17.6 Å². The maximum Gasteiger partial charge on any atom is 0.238 e. The van der Waals surface area contributed by atoms with Crippen LogP contribution < -0.4 is 5.32 Å². The number of halogens is 1. The van der Waals surface area contributed by atoms with E-state index in [1.807, 2.05) is 12.1 Å². The van der Waals surface area contributed by atoms with Gasteiger partial charge in [0.1, 0.15) is 5.52 Å². The van der Waals surface area contributed by atoms with Crippen molar-refractivity contribution < 1.29 is 14.0 Å². The molecule has 0 spiro atoms. The van der Waals surface area contributed by atoms with Crippen molar-refractivity contribution in [3.8, 4) is 0 Å². The molecule has 1 N–H and O–H groups in total. The summed E-state index contributed by atoms with van der Waals surface area (Å²) < 4.78 is 5.89. The summed E-state index contributed by atoms with van der Waals surface area (Å²) in [5, 5.41) is 3.50. The van der Waals surface area contributed by atoms with Crippen LogP contribution in [0.25, 0.3) is 11.1 Å². The Bertz CT molecular complexity index is 1050. The molecule has 0 saturated carbocycles. The number of carbonyl (C=O) groups is 2. The van der Waals surface area contributed by atoms with Gasteiger partial charge in [-0.05, 0) is 63.2 Å². The number of nitrogens with one attached hydrogen (secondary N) is 1. The molecule has 0 atom stereocenters. The molecule has 0 unspecified atom stereocenters. The summed E-state index contributed by atoms with van der Waals surface area (Å²) in [7, 11) is 0. The average molecular weight is 412 g/mol. The Morgan fingerprint density at radius 2 is 1.97 bits per heavy atom. The van der Waals surface area contributed by atoms with Crippen molar-refractivity contribution in [3.05, 3.63) is 58.9 Å². The van der Waals surface area contributed by atoms with Gasteiger partial charge in [0.25, 0.3) is 0 Å². The number of rotatable bonds is 5. The second kappa shape index (κ2) is 8.35.